The Morgan fingerprint density at radius 3 is 2.58 bits per heavy atom. The second-order valence-electron chi connectivity index (χ2n) is 3.87. The van der Waals surface area contributed by atoms with E-state index >= 15 is 0 Å². The lowest BCUT2D eigenvalue weighted by Crippen LogP contribution is -2.44. The van der Waals surface area contributed by atoms with E-state index in [1.165, 1.54) is 14.2 Å². The Morgan fingerprint density at radius 1 is 1.32 bits per heavy atom. The van der Waals surface area contributed by atoms with Gasteiger partial charge < -0.3 is 14.8 Å². The smallest absolute Gasteiger partial charge is 0.328 e. The number of nitrogens with one attached hydrogen (secondary N) is 1. The fraction of sp³-hybridized carbons (Fsp3) is 0.385. The summed E-state index contributed by atoms with van der Waals surface area (Å²) in [5, 5.41) is 2.59. The summed E-state index contributed by atoms with van der Waals surface area (Å²) in [5.74, 6) is -0.842. The summed E-state index contributed by atoms with van der Waals surface area (Å²) < 4.78 is 10.3. The van der Waals surface area contributed by atoms with Gasteiger partial charge in [-0.3, -0.25) is 4.79 Å². The minimum Gasteiger partial charge on any atom is -0.467 e. The molecule has 0 spiro atoms. The predicted molar refractivity (Wildman–Crippen MR) is 73.7 cm³/mol. The van der Waals surface area contributed by atoms with Crippen LogP contribution in [0, 0.1) is 0 Å². The number of carbonyl (C=O) groups is 2. The Bertz CT molecular complexity index is 450. The molecule has 0 heterocycles. The first kappa shape index (κ1) is 15.7. The number of ether oxygens (including phenoxy) is 2. The number of hydrogen-bond donors (Lipinski definition) is 1. The van der Waals surface area contributed by atoms with E-state index in [2.05, 4.69) is 21.2 Å². The number of carbonyl (C=O) groups excluding carboxylic acids is 2. The number of benzene rings is 1. The summed E-state index contributed by atoms with van der Waals surface area (Å²) in [7, 11) is 2.71. The van der Waals surface area contributed by atoms with Gasteiger partial charge in [0.15, 0.2) is 0 Å². The average Bonchev–Trinajstić information content (AvgIpc) is 2.39. The summed E-state index contributed by atoms with van der Waals surface area (Å²) in [4.78, 5) is 23.2. The maximum absolute atomic E-state index is 11.7. The van der Waals surface area contributed by atoms with Crippen molar-refractivity contribution < 1.29 is 19.1 Å². The first-order valence-corrected chi connectivity index (χ1v) is 6.47. The molecule has 1 atom stereocenters. The van der Waals surface area contributed by atoms with Gasteiger partial charge in [0, 0.05) is 18.0 Å². The molecule has 0 saturated heterocycles. The normalized spacial score (nSPS) is 11.7. The van der Waals surface area contributed by atoms with Crippen LogP contribution in [-0.4, -0.2) is 38.7 Å². The first-order valence-electron chi connectivity index (χ1n) is 5.68. The van der Waals surface area contributed by atoms with Crippen molar-refractivity contribution in [1.82, 2.24) is 5.32 Å². The zero-order valence-electron chi connectivity index (χ0n) is 10.8. The average molecular weight is 330 g/mol. The number of hydrogen-bond acceptors (Lipinski definition) is 4. The summed E-state index contributed by atoms with van der Waals surface area (Å²) in [6, 6.07) is 6.77. The molecule has 0 saturated carbocycles. The van der Waals surface area contributed by atoms with Crippen LogP contribution in [0.5, 0.6) is 0 Å². The monoisotopic (exact) mass is 329 g/mol. The third kappa shape index (κ3) is 5.00. The lowest BCUT2D eigenvalue weighted by molar-refractivity contribution is -0.145. The second kappa shape index (κ2) is 7.91. The summed E-state index contributed by atoms with van der Waals surface area (Å²) in [5.41, 5.74) is 0.913. The number of rotatable bonds is 6. The maximum Gasteiger partial charge on any atom is 0.328 e. The molecule has 0 unspecified atom stereocenters. The van der Waals surface area contributed by atoms with Crippen LogP contribution in [0.4, 0.5) is 0 Å². The SMILES string of the molecule is COCC(=O)N[C@@H](Cc1ccccc1Br)C(=O)OC. The third-order valence-corrected chi connectivity index (χ3v) is 3.25. The van der Waals surface area contributed by atoms with Crippen molar-refractivity contribution >= 4 is 27.8 Å². The van der Waals surface area contributed by atoms with Gasteiger partial charge >= 0.3 is 5.97 Å². The number of esters is 1. The van der Waals surface area contributed by atoms with Crippen LogP contribution in [-0.2, 0) is 25.5 Å². The summed E-state index contributed by atoms with van der Waals surface area (Å²) >= 11 is 3.40. The highest BCUT2D eigenvalue weighted by atomic mass is 79.9. The van der Waals surface area contributed by atoms with Crippen molar-refractivity contribution in [3.05, 3.63) is 34.3 Å². The van der Waals surface area contributed by atoms with E-state index < -0.39 is 12.0 Å². The van der Waals surface area contributed by atoms with Gasteiger partial charge in [0.2, 0.25) is 5.91 Å². The maximum atomic E-state index is 11.7. The standard InChI is InChI=1S/C13H16BrNO4/c1-18-8-12(16)15-11(13(17)19-2)7-9-5-3-4-6-10(9)14/h3-6,11H,7-8H2,1-2H3,(H,15,16)/t11-/m0/s1. The first-order chi connectivity index (χ1) is 9.08. The second-order valence-corrected chi connectivity index (χ2v) is 4.73. The molecule has 0 aliphatic carbocycles. The molecule has 5 nitrogen and oxygen atoms in total. The van der Waals surface area contributed by atoms with Crippen LogP contribution in [0.2, 0.25) is 0 Å². The Kier molecular flexibility index (Phi) is 6.52. The van der Waals surface area contributed by atoms with Crippen molar-refractivity contribution in [2.24, 2.45) is 0 Å². The van der Waals surface area contributed by atoms with Crippen LogP contribution in [0.3, 0.4) is 0 Å². The minimum atomic E-state index is -0.730. The minimum absolute atomic E-state index is 0.0938. The molecule has 1 amide bonds. The lowest BCUT2D eigenvalue weighted by Gasteiger charge is -2.17. The number of methoxy groups -OCH3 is 2. The highest BCUT2D eigenvalue weighted by Crippen LogP contribution is 2.17. The highest BCUT2D eigenvalue weighted by molar-refractivity contribution is 9.10. The highest BCUT2D eigenvalue weighted by Gasteiger charge is 2.22. The Balaban J connectivity index is 2.78. The zero-order chi connectivity index (χ0) is 14.3. The van der Waals surface area contributed by atoms with E-state index in [-0.39, 0.29) is 12.5 Å². The molecule has 0 bridgehead atoms. The molecule has 104 valence electrons. The lowest BCUT2D eigenvalue weighted by atomic mass is 10.1. The van der Waals surface area contributed by atoms with E-state index in [9.17, 15) is 9.59 Å². The molecule has 1 aromatic rings. The molecule has 1 rings (SSSR count). The van der Waals surface area contributed by atoms with Crippen LogP contribution in [0.25, 0.3) is 0 Å². The van der Waals surface area contributed by atoms with Crippen LogP contribution >= 0.6 is 15.9 Å². The van der Waals surface area contributed by atoms with Crippen molar-refractivity contribution in [1.29, 1.82) is 0 Å². The van der Waals surface area contributed by atoms with Crippen LogP contribution < -0.4 is 5.32 Å². The molecule has 0 radical (unpaired) electrons. The van der Waals surface area contributed by atoms with Crippen LogP contribution in [0.1, 0.15) is 5.56 Å². The molecule has 19 heavy (non-hydrogen) atoms. The molecule has 0 aliphatic heterocycles. The van der Waals surface area contributed by atoms with E-state index in [0.717, 1.165) is 10.0 Å². The van der Waals surface area contributed by atoms with E-state index in [1.54, 1.807) is 0 Å². The third-order valence-electron chi connectivity index (χ3n) is 2.48. The topological polar surface area (TPSA) is 64.6 Å². The molecule has 0 aliphatic rings. The van der Waals surface area contributed by atoms with Gasteiger partial charge in [-0.2, -0.15) is 0 Å². The quantitative estimate of drug-likeness (QED) is 0.799. The fourth-order valence-electron chi connectivity index (χ4n) is 1.59. The van der Waals surface area contributed by atoms with Crippen molar-refractivity contribution in [3.8, 4) is 0 Å². The van der Waals surface area contributed by atoms with Crippen molar-refractivity contribution in [2.45, 2.75) is 12.5 Å². The van der Waals surface area contributed by atoms with Crippen LogP contribution in [0.15, 0.2) is 28.7 Å². The van der Waals surface area contributed by atoms with Gasteiger partial charge in [0.05, 0.1) is 7.11 Å². The van der Waals surface area contributed by atoms with Gasteiger partial charge in [-0.25, -0.2) is 4.79 Å². The molecule has 0 fully saturated rings. The van der Waals surface area contributed by atoms with Gasteiger partial charge in [0.25, 0.3) is 0 Å². The molecular weight excluding hydrogens is 314 g/mol. The summed E-state index contributed by atoms with van der Waals surface area (Å²) in [6.07, 6.45) is 0.351. The summed E-state index contributed by atoms with van der Waals surface area (Å²) in [6.45, 7) is -0.0938. The van der Waals surface area contributed by atoms with E-state index in [4.69, 9.17) is 9.47 Å². The molecule has 0 aromatic heterocycles. The molecule has 1 N–H and O–H groups in total. The Hall–Kier alpha value is -1.40. The Morgan fingerprint density at radius 2 is 2.00 bits per heavy atom. The fourth-order valence-corrected chi connectivity index (χ4v) is 2.03. The largest absolute Gasteiger partial charge is 0.467 e. The van der Waals surface area contributed by atoms with Crippen molar-refractivity contribution in [2.75, 3.05) is 20.8 Å². The Labute approximate surface area is 120 Å². The zero-order valence-corrected chi connectivity index (χ0v) is 12.4. The molecular formula is C13H16BrNO4. The van der Waals surface area contributed by atoms with E-state index in [0.29, 0.717) is 6.42 Å². The number of halogens is 1. The van der Waals surface area contributed by atoms with Gasteiger partial charge in [-0.1, -0.05) is 34.1 Å². The van der Waals surface area contributed by atoms with E-state index in [1.807, 2.05) is 24.3 Å². The number of amides is 1. The predicted octanol–water partition coefficient (Wildman–Crippen LogP) is 1.30. The van der Waals surface area contributed by atoms with Crippen molar-refractivity contribution in [3.63, 3.8) is 0 Å². The van der Waals surface area contributed by atoms with Gasteiger partial charge in [0.1, 0.15) is 12.6 Å². The van der Waals surface area contributed by atoms with Gasteiger partial charge in [-0.15, -0.1) is 0 Å². The van der Waals surface area contributed by atoms with Gasteiger partial charge in [-0.05, 0) is 11.6 Å². The molecule has 6 heteroatoms. The molecule has 1 aromatic carbocycles.